The third kappa shape index (κ3) is 5.49. The van der Waals surface area contributed by atoms with Gasteiger partial charge in [-0.05, 0) is 20.3 Å². The van der Waals surface area contributed by atoms with E-state index in [0.29, 0.717) is 12.6 Å². The van der Waals surface area contributed by atoms with E-state index < -0.39 is 0 Å². The number of anilines is 2. The topological polar surface area (TPSA) is 59.1 Å². The summed E-state index contributed by atoms with van der Waals surface area (Å²) < 4.78 is 5.26. The Kier molecular flexibility index (Phi) is 6.32. The van der Waals surface area contributed by atoms with Crippen LogP contribution in [0.1, 0.15) is 26.0 Å². The van der Waals surface area contributed by atoms with Crippen LogP contribution in [-0.2, 0) is 4.74 Å². The summed E-state index contributed by atoms with van der Waals surface area (Å²) in [6.07, 6.45) is 1.06. The second-order valence-corrected chi connectivity index (χ2v) is 3.77. The van der Waals surface area contributed by atoms with Gasteiger partial charge in [-0.25, -0.2) is 4.98 Å². The molecule has 1 rings (SSSR count). The molecule has 5 heteroatoms. The van der Waals surface area contributed by atoms with Gasteiger partial charge in [0.2, 0.25) is 5.95 Å². The van der Waals surface area contributed by atoms with Crippen molar-refractivity contribution in [2.45, 2.75) is 27.2 Å². The van der Waals surface area contributed by atoms with Crippen LogP contribution in [-0.4, -0.2) is 36.3 Å². The summed E-state index contributed by atoms with van der Waals surface area (Å²) in [6.45, 7) is 9.16. The zero-order valence-electron chi connectivity index (χ0n) is 10.9. The molecule has 0 aliphatic rings. The number of nitrogens with zero attached hydrogens (tertiary/aromatic N) is 2. The number of ether oxygens (including phenoxy) is 1. The SMILES string of the molecule is CCCNc1nc(C)cc(NCCOCC)n1. The molecule has 17 heavy (non-hydrogen) atoms. The van der Waals surface area contributed by atoms with E-state index >= 15 is 0 Å². The number of hydrogen-bond acceptors (Lipinski definition) is 5. The highest BCUT2D eigenvalue weighted by Gasteiger charge is 2.00. The summed E-state index contributed by atoms with van der Waals surface area (Å²) >= 11 is 0. The smallest absolute Gasteiger partial charge is 0.224 e. The molecule has 0 saturated heterocycles. The zero-order chi connectivity index (χ0) is 12.5. The number of aromatic nitrogens is 2. The van der Waals surface area contributed by atoms with Gasteiger partial charge in [-0.1, -0.05) is 6.92 Å². The second kappa shape index (κ2) is 7.84. The van der Waals surface area contributed by atoms with E-state index in [9.17, 15) is 0 Å². The number of rotatable bonds is 8. The summed E-state index contributed by atoms with van der Waals surface area (Å²) in [4.78, 5) is 8.70. The van der Waals surface area contributed by atoms with Crippen molar-refractivity contribution in [2.75, 3.05) is 36.9 Å². The van der Waals surface area contributed by atoms with E-state index in [1.807, 2.05) is 19.9 Å². The number of hydrogen-bond donors (Lipinski definition) is 2. The molecule has 0 unspecified atom stereocenters. The third-order valence-electron chi connectivity index (χ3n) is 2.14. The van der Waals surface area contributed by atoms with Gasteiger partial charge >= 0.3 is 0 Å². The molecule has 1 aromatic heterocycles. The van der Waals surface area contributed by atoms with E-state index in [2.05, 4.69) is 27.5 Å². The Balaban J connectivity index is 2.50. The first kappa shape index (κ1) is 13.7. The molecule has 96 valence electrons. The van der Waals surface area contributed by atoms with Gasteiger partial charge in [0.05, 0.1) is 6.61 Å². The Bertz CT molecular complexity index is 330. The molecule has 0 bridgehead atoms. The molecule has 0 radical (unpaired) electrons. The Morgan fingerprint density at radius 2 is 2.00 bits per heavy atom. The molecule has 1 aromatic rings. The molecule has 0 saturated carbocycles. The quantitative estimate of drug-likeness (QED) is 0.679. The summed E-state index contributed by atoms with van der Waals surface area (Å²) in [5, 5.41) is 6.40. The average Bonchev–Trinajstić information content (AvgIpc) is 2.31. The van der Waals surface area contributed by atoms with Gasteiger partial charge in [-0.15, -0.1) is 0 Å². The van der Waals surface area contributed by atoms with E-state index in [1.54, 1.807) is 0 Å². The Morgan fingerprint density at radius 1 is 1.18 bits per heavy atom. The van der Waals surface area contributed by atoms with Crippen LogP contribution in [0.5, 0.6) is 0 Å². The molecule has 1 heterocycles. The minimum Gasteiger partial charge on any atom is -0.380 e. The lowest BCUT2D eigenvalue weighted by Gasteiger charge is -2.09. The molecular weight excluding hydrogens is 216 g/mol. The first-order valence-corrected chi connectivity index (χ1v) is 6.17. The largest absolute Gasteiger partial charge is 0.380 e. The highest BCUT2D eigenvalue weighted by atomic mass is 16.5. The van der Waals surface area contributed by atoms with Gasteiger partial charge in [0.15, 0.2) is 0 Å². The lowest BCUT2D eigenvalue weighted by molar-refractivity contribution is 0.158. The van der Waals surface area contributed by atoms with Crippen molar-refractivity contribution < 1.29 is 4.74 Å². The van der Waals surface area contributed by atoms with E-state index in [0.717, 1.165) is 37.6 Å². The van der Waals surface area contributed by atoms with Crippen molar-refractivity contribution in [2.24, 2.45) is 0 Å². The summed E-state index contributed by atoms with van der Waals surface area (Å²) in [5.41, 5.74) is 0.956. The molecule has 0 aromatic carbocycles. The fraction of sp³-hybridized carbons (Fsp3) is 0.667. The van der Waals surface area contributed by atoms with Gasteiger partial charge in [0.1, 0.15) is 5.82 Å². The molecule has 5 nitrogen and oxygen atoms in total. The van der Waals surface area contributed by atoms with Crippen molar-refractivity contribution in [3.05, 3.63) is 11.8 Å². The average molecular weight is 238 g/mol. The molecular formula is C12H22N4O. The van der Waals surface area contributed by atoms with E-state index in [-0.39, 0.29) is 0 Å². The summed E-state index contributed by atoms with van der Waals surface area (Å²) in [7, 11) is 0. The van der Waals surface area contributed by atoms with E-state index in [1.165, 1.54) is 0 Å². The fourth-order valence-corrected chi connectivity index (χ4v) is 1.37. The maximum Gasteiger partial charge on any atom is 0.224 e. The maximum atomic E-state index is 5.26. The van der Waals surface area contributed by atoms with Crippen LogP contribution in [0.15, 0.2) is 6.07 Å². The van der Waals surface area contributed by atoms with Crippen molar-refractivity contribution >= 4 is 11.8 Å². The number of aryl methyl sites for hydroxylation is 1. The molecule has 2 N–H and O–H groups in total. The normalized spacial score (nSPS) is 10.3. The fourth-order valence-electron chi connectivity index (χ4n) is 1.37. The standard InChI is InChI=1S/C12H22N4O/c1-4-6-14-12-15-10(3)9-11(16-12)13-7-8-17-5-2/h9H,4-8H2,1-3H3,(H2,13,14,15,16). The Hall–Kier alpha value is -1.36. The van der Waals surface area contributed by atoms with Gasteiger partial charge < -0.3 is 15.4 Å². The highest BCUT2D eigenvalue weighted by Crippen LogP contribution is 2.09. The second-order valence-electron chi connectivity index (χ2n) is 3.77. The van der Waals surface area contributed by atoms with Crippen LogP contribution in [0.25, 0.3) is 0 Å². The highest BCUT2D eigenvalue weighted by molar-refractivity contribution is 5.42. The molecule has 0 aliphatic heterocycles. The predicted molar refractivity (Wildman–Crippen MR) is 70.5 cm³/mol. The zero-order valence-corrected chi connectivity index (χ0v) is 10.9. The first-order valence-electron chi connectivity index (χ1n) is 6.17. The van der Waals surface area contributed by atoms with Crippen LogP contribution >= 0.6 is 0 Å². The molecule has 0 amide bonds. The Labute approximate surface area is 103 Å². The van der Waals surface area contributed by atoms with Crippen LogP contribution in [0, 0.1) is 6.92 Å². The molecule has 0 atom stereocenters. The van der Waals surface area contributed by atoms with Gasteiger partial charge in [0.25, 0.3) is 0 Å². The van der Waals surface area contributed by atoms with Crippen LogP contribution in [0.4, 0.5) is 11.8 Å². The summed E-state index contributed by atoms with van der Waals surface area (Å²) in [6, 6.07) is 1.93. The van der Waals surface area contributed by atoms with Gasteiger partial charge in [0, 0.05) is 31.5 Å². The predicted octanol–water partition coefficient (Wildman–Crippen LogP) is 2.06. The minimum atomic E-state index is 0.686. The molecule has 0 spiro atoms. The van der Waals surface area contributed by atoms with Gasteiger partial charge in [-0.3, -0.25) is 0 Å². The first-order chi connectivity index (χ1) is 8.26. The lowest BCUT2D eigenvalue weighted by Crippen LogP contribution is -2.12. The lowest BCUT2D eigenvalue weighted by atomic mass is 10.4. The maximum absolute atomic E-state index is 5.26. The van der Waals surface area contributed by atoms with Crippen LogP contribution in [0.2, 0.25) is 0 Å². The summed E-state index contributed by atoms with van der Waals surface area (Å²) in [5.74, 6) is 1.53. The third-order valence-corrected chi connectivity index (χ3v) is 2.14. The van der Waals surface area contributed by atoms with Crippen molar-refractivity contribution in [3.63, 3.8) is 0 Å². The molecule has 0 aliphatic carbocycles. The van der Waals surface area contributed by atoms with Crippen LogP contribution in [0.3, 0.4) is 0 Å². The van der Waals surface area contributed by atoms with Crippen molar-refractivity contribution in [1.29, 1.82) is 0 Å². The Morgan fingerprint density at radius 3 is 2.71 bits per heavy atom. The van der Waals surface area contributed by atoms with Crippen molar-refractivity contribution in [1.82, 2.24) is 9.97 Å². The van der Waals surface area contributed by atoms with Gasteiger partial charge in [-0.2, -0.15) is 4.98 Å². The minimum absolute atomic E-state index is 0.686. The molecule has 0 fully saturated rings. The van der Waals surface area contributed by atoms with Crippen LogP contribution < -0.4 is 10.6 Å². The number of nitrogens with one attached hydrogen (secondary N) is 2. The van der Waals surface area contributed by atoms with E-state index in [4.69, 9.17) is 4.74 Å². The monoisotopic (exact) mass is 238 g/mol. The van der Waals surface area contributed by atoms with Crippen molar-refractivity contribution in [3.8, 4) is 0 Å².